The molecule has 0 aliphatic rings. The molecule has 1 N–H and O–H groups in total. The van der Waals surface area contributed by atoms with Gasteiger partial charge in [0.15, 0.2) is 0 Å². The molecule has 0 spiro atoms. The van der Waals surface area contributed by atoms with E-state index in [0.717, 1.165) is 12.1 Å². The van der Waals surface area contributed by atoms with E-state index in [2.05, 4.69) is 5.32 Å². The maximum absolute atomic E-state index is 13.5. The number of anilines is 2. The van der Waals surface area contributed by atoms with Crippen molar-refractivity contribution in [2.24, 2.45) is 5.92 Å². The standard InChI is InChI=1S/C28H23ClF9NO/c1-14(2)6-23(15(3)40)18-7-17(16-4-5-25(29)24(10-16)28(36,37)38)8-21(9-18)39-22-12-19(26(30,31)32)11-20(13-22)27(33,34)35/h4-5,7-14,23,39H,6H2,1-3H3. The average molecular weight is 596 g/mol. The van der Waals surface area contributed by atoms with Gasteiger partial charge in [-0.05, 0) is 78.4 Å². The number of benzene rings is 3. The molecule has 0 amide bonds. The molecular formula is C28H23ClF9NO. The van der Waals surface area contributed by atoms with Crippen LogP contribution in [0.25, 0.3) is 11.1 Å². The van der Waals surface area contributed by atoms with Gasteiger partial charge in [-0.3, -0.25) is 4.79 Å². The Bertz CT molecular complexity index is 1360. The zero-order valence-electron chi connectivity index (χ0n) is 21.2. The van der Waals surface area contributed by atoms with Gasteiger partial charge in [-0.15, -0.1) is 0 Å². The summed E-state index contributed by atoms with van der Waals surface area (Å²) < 4.78 is 121. The van der Waals surface area contributed by atoms with E-state index >= 15 is 0 Å². The van der Waals surface area contributed by atoms with Gasteiger partial charge in [0.1, 0.15) is 5.78 Å². The Morgan fingerprint density at radius 1 is 0.750 bits per heavy atom. The smallest absolute Gasteiger partial charge is 0.355 e. The van der Waals surface area contributed by atoms with Gasteiger partial charge < -0.3 is 5.32 Å². The maximum Gasteiger partial charge on any atom is 0.417 e. The molecule has 0 aliphatic heterocycles. The third-order valence-electron chi connectivity index (χ3n) is 6.04. The van der Waals surface area contributed by atoms with Crippen LogP contribution in [0.1, 0.15) is 55.4 Å². The summed E-state index contributed by atoms with van der Waals surface area (Å²) >= 11 is 5.73. The third-order valence-corrected chi connectivity index (χ3v) is 6.37. The molecule has 0 aromatic heterocycles. The highest BCUT2D eigenvalue weighted by molar-refractivity contribution is 6.31. The zero-order valence-corrected chi connectivity index (χ0v) is 22.0. The van der Waals surface area contributed by atoms with E-state index in [0.29, 0.717) is 24.1 Å². The summed E-state index contributed by atoms with van der Waals surface area (Å²) in [7, 11) is 0. The minimum atomic E-state index is -5.08. The van der Waals surface area contributed by atoms with Crippen LogP contribution in [0.3, 0.4) is 0 Å². The lowest BCUT2D eigenvalue weighted by atomic mass is 9.85. The van der Waals surface area contributed by atoms with Crippen LogP contribution in [-0.2, 0) is 23.3 Å². The van der Waals surface area contributed by atoms with E-state index < -0.39 is 51.8 Å². The van der Waals surface area contributed by atoms with E-state index in [1.807, 2.05) is 13.8 Å². The van der Waals surface area contributed by atoms with Crippen LogP contribution in [0.4, 0.5) is 50.9 Å². The summed E-state index contributed by atoms with van der Waals surface area (Å²) in [4.78, 5) is 12.5. The van der Waals surface area contributed by atoms with Crippen LogP contribution >= 0.6 is 11.6 Å². The largest absolute Gasteiger partial charge is 0.417 e. The normalized spacial score (nSPS) is 13.4. The number of carbonyl (C=O) groups excluding carboxylic acids is 1. The maximum atomic E-state index is 13.5. The first kappa shape index (κ1) is 31.3. The number of alkyl halides is 9. The molecule has 0 bridgehead atoms. The number of halogens is 10. The van der Waals surface area contributed by atoms with Crippen molar-refractivity contribution in [2.45, 2.75) is 51.6 Å². The first-order chi connectivity index (χ1) is 18.3. The summed E-state index contributed by atoms with van der Waals surface area (Å²) in [6, 6.07) is 8.17. The molecule has 0 radical (unpaired) electrons. The molecule has 0 saturated carbocycles. The van der Waals surface area contributed by atoms with E-state index in [-0.39, 0.29) is 34.6 Å². The summed E-state index contributed by atoms with van der Waals surface area (Å²) in [5.74, 6) is -0.997. The Morgan fingerprint density at radius 3 is 1.77 bits per heavy atom. The van der Waals surface area contributed by atoms with Crippen molar-refractivity contribution in [3.63, 3.8) is 0 Å². The monoisotopic (exact) mass is 595 g/mol. The number of hydrogen-bond acceptors (Lipinski definition) is 2. The van der Waals surface area contributed by atoms with Gasteiger partial charge in [0.05, 0.1) is 21.7 Å². The average Bonchev–Trinajstić information content (AvgIpc) is 2.80. The zero-order chi connectivity index (χ0) is 30.2. The van der Waals surface area contributed by atoms with Crippen molar-refractivity contribution in [3.05, 3.63) is 81.9 Å². The number of nitrogens with one attached hydrogen (secondary N) is 1. The molecule has 0 aliphatic carbocycles. The highest BCUT2D eigenvalue weighted by Gasteiger charge is 2.37. The molecule has 0 fully saturated rings. The number of ketones is 1. The van der Waals surface area contributed by atoms with Crippen molar-refractivity contribution in [1.82, 2.24) is 0 Å². The molecule has 3 aromatic carbocycles. The number of hydrogen-bond donors (Lipinski definition) is 1. The quantitative estimate of drug-likeness (QED) is 0.275. The SMILES string of the molecule is CC(=O)C(CC(C)C)c1cc(Nc2cc(C(F)(F)F)cc(C(F)(F)F)c2)cc(-c2ccc(Cl)c(C(F)(F)F)c2)c1. The fraction of sp³-hybridized carbons (Fsp3) is 0.321. The van der Waals surface area contributed by atoms with E-state index in [4.69, 9.17) is 11.6 Å². The number of Topliss-reactive ketones (excluding diaryl/α,β-unsaturated/α-hetero) is 1. The molecule has 1 atom stereocenters. The highest BCUT2D eigenvalue weighted by Crippen LogP contribution is 2.41. The fourth-order valence-corrected chi connectivity index (χ4v) is 4.44. The Hall–Kier alpha value is -3.21. The van der Waals surface area contributed by atoms with Crippen LogP contribution in [0, 0.1) is 5.92 Å². The summed E-state index contributed by atoms with van der Waals surface area (Å²) in [6.45, 7) is 5.00. The van der Waals surface area contributed by atoms with E-state index in [1.54, 1.807) is 0 Å². The van der Waals surface area contributed by atoms with E-state index in [9.17, 15) is 44.3 Å². The number of rotatable bonds is 7. The lowest BCUT2D eigenvalue weighted by Gasteiger charge is -2.21. The molecule has 12 heteroatoms. The highest BCUT2D eigenvalue weighted by atomic mass is 35.5. The lowest BCUT2D eigenvalue weighted by Crippen LogP contribution is -2.13. The minimum Gasteiger partial charge on any atom is -0.355 e. The first-order valence-electron chi connectivity index (χ1n) is 11.8. The third kappa shape index (κ3) is 7.71. The first-order valence-corrected chi connectivity index (χ1v) is 12.2. The number of carbonyl (C=O) groups is 1. The Balaban J connectivity index is 2.23. The topological polar surface area (TPSA) is 29.1 Å². The van der Waals surface area contributed by atoms with Crippen molar-refractivity contribution in [2.75, 3.05) is 5.32 Å². The molecule has 40 heavy (non-hydrogen) atoms. The van der Waals surface area contributed by atoms with Crippen LogP contribution in [0.2, 0.25) is 5.02 Å². The Kier molecular flexibility index (Phi) is 8.88. The van der Waals surface area contributed by atoms with Crippen molar-refractivity contribution in [1.29, 1.82) is 0 Å². The molecule has 3 aromatic rings. The molecule has 2 nitrogen and oxygen atoms in total. The minimum absolute atomic E-state index is 0.0131. The van der Waals surface area contributed by atoms with Crippen molar-refractivity contribution < 1.29 is 44.3 Å². The van der Waals surface area contributed by atoms with Gasteiger partial charge in [0.2, 0.25) is 0 Å². The van der Waals surface area contributed by atoms with Crippen LogP contribution < -0.4 is 5.32 Å². The molecule has 3 rings (SSSR count). The second-order valence-corrected chi connectivity index (χ2v) is 10.2. The lowest BCUT2D eigenvalue weighted by molar-refractivity contribution is -0.143. The summed E-state index contributed by atoms with van der Waals surface area (Å²) in [5, 5.41) is 1.96. The predicted octanol–water partition coefficient (Wildman–Crippen LogP) is 10.5. The van der Waals surface area contributed by atoms with Crippen LogP contribution in [0.15, 0.2) is 54.6 Å². The van der Waals surface area contributed by atoms with Gasteiger partial charge in [0.25, 0.3) is 0 Å². The molecule has 0 heterocycles. The van der Waals surface area contributed by atoms with E-state index in [1.165, 1.54) is 31.2 Å². The molecule has 1 unspecified atom stereocenters. The molecular weight excluding hydrogens is 573 g/mol. The fourth-order valence-electron chi connectivity index (χ4n) is 4.22. The van der Waals surface area contributed by atoms with Gasteiger partial charge in [-0.1, -0.05) is 37.6 Å². The van der Waals surface area contributed by atoms with Gasteiger partial charge in [0, 0.05) is 17.3 Å². The summed E-state index contributed by atoms with van der Waals surface area (Å²) in [5.41, 5.74) is -4.32. The van der Waals surface area contributed by atoms with Gasteiger partial charge in [-0.25, -0.2) is 0 Å². The Labute approximate surface area is 229 Å². The predicted molar refractivity (Wildman–Crippen MR) is 134 cm³/mol. The summed E-state index contributed by atoms with van der Waals surface area (Å²) in [6.07, 6.45) is -14.6. The van der Waals surface area contributed by atoms with Crippen LogP contribution in [0.5, 0.6) is 0 Å². The molecule has 0 saturated heterocycles. The molecule has 216 valence electrons. The van der Waals surface area contributed by atoms with Crippen molar-refractivity contribution in [3.8, 4) is 11.1 Å². The second-order valence-electron chi connectivity index (χ2n) is 9.75. The van der Waals surface area contributed by atoms with Gasteiger partial charge in [-0.2, -0.15) is 39.5 Å². The van der Waals surface area contributed by atoms with Gasteiger partial charge >= 0.3 is 18.5 Å². The van der Waals surface area contributed by atoms with Crippen molar-refractivity contribution >= 4 is 28.8 Å². The van der Waals surface area contributed by atoms with Crippen LogP contribution in [-0.4, -0.2) is 5.78 Å². The Morgan fingerprint density at radius 2 is 1.30 bits per heavy atom. The second kappa shape index (κ2) is 11.3.